The zero-order valence-corrected chi connectivity index (χ0v) is 14.4. The molecular weight excluding hydrogens is 350 g/mol. The normalized spacial score (nSPS) is 11.8. The van der Waals surface area contributed by atoms with E-state index in [0.717, 1.165) is 4.88 Å². The Labute approximate surface area is 144 Å². The van der Waals surface area contributed by atoms with Crippen molar-refractivity contribution in [2.75, 3.05) is 5.32 Å². The number of nitrogens with one attached hydrogen (secondary N) is 2. The minimum atomic E-state index is -0.379. The Morgan fingerprint density at radius 1 is 1.43 bits per heavy atom. The molecule has 0 aliphatic carbocycles. The predicted molar refractivity (Wildman–Crippen MR) is 92.7 cm³/mol. The van der Waals surface area contributed by atoms with E-state index in [0.29, 0.717) is 21.5 Å². The van der Waals surface area contributed by atoms with Crippen molar-refractivity contribution in [3.8, 4) is 16.8 Å². The van der Waals surface area contributed by atoms with Crippen LogP contribution in [0.5, 0.6) is 0 Å². The summed E-state index contributed by atoms with van der Waals surface area (Å²) in [6, 6.07) is 7.63. The first-order valence-corrected chi connectivity index (χ1v) is 9.22. The second-order valence-electron chi connectivity index (χ2n) is 4.47. The number of thioether (sulfide) groups is 1. The number of hydrogen-bond donors (Lipinski definition) is 2. The summed E-state index contributed by atoms with van der Waals surface area (Å²) in [6.45, 7) is 1.78. The summed E-state index contributed by atoms with van der Waals surface area (Å²) < 4.78 is 0. The first-order chi connectivity index (χ1) is 11.2. The van der Waals surface area contributed by atoms with Crippen LogP contribution in [-0.4, -0.2) is 26.3 Å². The average Bonchev–Trinajstić information content (AvgIpc) is 3.28. The van der Waals surface area contributed by atoms with E-state index in [2.05, 4.69) is 20.5 Å². The highest BCUT2D eigenvalue weighted by molar-refractivity contribution is 8.00. The van der Waals surface area contributed by atoms with Crippen LogP contribution in [0.1, 0.15) is 12.5 Å². The molecule has 3 aromatic heterocycles. The van der Waals surface area contributed by atoms with Gasteiger partial charge in [-0.15, -0.1) is 27.8 Å². The van der Waals surface area contributed by atoms with Gasteiger partial charge >= 0.3 is 0 Å². The number of carbonyl (C=O) groups excluding carboxylic acids is 1. The number of rotatable bonds is 5. The number of carbonyl (C=O) groups is 1. The zero-order valence-electron chi connectivity index (χ0n) is 11.9. The Kier molecular flexibility index (Phi) is 4.76. The first kappa shape index (κ1) is 15.7. The number of nitriles is 1. The maximum absolute atomic E-state index is 12.2. The maximum Gasteiger partial charge on any atom is 0.238 e. The zero-order chi connectivity index (χ0) is 16.2. The number of anilines is 1. The van der Waals surface area contributed by atoms with Gasteiger partial charge in [-0.3, -0.25) is 9.89 Å². The highest BCUT2D eigenvalue weighted by Gasteiger charge is 2.19. The molecule has 0 aliphatic heterocycles. The molecule has 1 atom stereocenters. The number of hydrogen-bond acceptors (Lipinski definition) is 7. The van der Waals surface area contributed by atoms with Gasteiger partial charge in [0, 0.05) is 0 Å². The minimum absolute atomic E-state index is 0.184. The van der Waals surface area contributed by atoms with E-state index >= 15 is 0 Å². The molecule has 0 radical (unpaired) electrons. The van der Waals surface area contributed by atoms with Crippen molar-refractivity contribution in [1.29, 1.82) is 5.26 Å². The highest BCUT2D eigenvalue weighted by Crippen LogP contribution is 2.27. The second-order valence-corrected chi connectivity index (χ2v) is 7.64. The maximum atomic E-state index is 12.2. The topological polar surface area (TPSA) is 94.5 Å². The second kappa shape index (κ2) is 6.95. The average molecular weight is 361 g/mol. The van der Waals surface area contributed by atoms with E-state index in [9.17, 15) is 4.79 Å². The van der Waals surface area contributed by atoms with Crippen LogP contribution >= 0.6 is 34.4 Å². The molecule has 0 saturated heterocycles. The lowest BCUT2D eigenvalue weighted by Gasteiger charge is -2.08. The molecule has 3 heterocycles. The summed E-state index contributed by atoms with van der Waals surface area (Å²) in [7, 11) is 0. The molecule has 0 saturated carbocycles. The Balaban J connectivity index is 1.64. The van der Waals surface area contributed by atoms with Crippen LogP contribution in [0.4, 0.5) is 5.00 Å². The third-order valence-electron chi connectivity index (χ3n) is 2.89. The van der Waals surface area contributed by atoms with Gasteiger partial charge in [-0.25, -0.2) is 4.98 Å². The van der Waals surface area contributed by atoms with Gasteiger partial charge in [0.1, 0.15) is 11.1 Å². The van der Waals surface area contributed by atoms with Crippen molar-refractivity contribution in [2.45, 2.75) is 17.3 Å². The Morgan fingerprint density at radius 3 is 3.04 bits per heavy atom. The summed E-state index contributed by atoms with van der Waals surface area (Å²) in [5.41, 5.74) is 0.471. The van der Waals surface area contributed by atoms with Crippen molar-refractivity contribution < 1.29 is 4.79 Å². The molecule has 0 aromatic carbocycles. The SMILES string of the molecule is C[C@@H](Sc1n[nH]c(-c2cccs2)n1)C(=O)Nc1sccc1C#N. The summed E-state index contributed by atoms with van der Waals surface area (Å²) in [5.74, 6) is 0.511. The number of thiophene rings is 2. The molecule has 1 amide bonds. The van der Waals surface area contributed by atoms with E-state index < -0.39 is 0 Å². The summed E-state index contributed by atoms with van der Waals surface area (Å²) >= 11 is 4.16. The van der Waals surface area contributed by atoms with Crippen molar-refractivity contribution >= 4 is 45.3 Å². The number of aromatic nitrogens is 3. The van der Waals surface area contributed by atoms with Crippen molar-refractivity contribution in [3.05, 3.63) is 34.5 Å². The summed E-state index contributed by atoms with van der Waals surface area (Å²) in [4.78, 5) is 17.6. The van der Waals surface area contributed by atoms with Crippen LogP contribution in [0.15, 0.2) is 34.1 Å². The van der Waals surface area contributed by atoms with E-state index in [4.69, 9.17) is 5.26 Å². The van der Waals surface area contributed by atoms with E-state index in [-0.39, 0.29) is 11.2 Å². The monoisotopic (exact) mass is 361 g/mol. The molecule has 2 N–H and O–H groups in total. The van der Waals surface area contributed by atoms with E-state index in [1.165, 1.54) is 23.1 Å². The third kappa shape index (κ3) is 3.61. The van der Waals surface area contributed by atoms with E-state index in [1.807, 2.05) is 23.6 Å². The smallest absolute Gasteiger partial charge is 0.238 e. The van der Waals surface area contributed by atoms with Crippen LogP contribution in [0.2, 0.25) is 0 Å². The molecule has 0 fully saturated rings. The molecule has 6 nitrogen and oxygen atoms in total. The Morgan fingerprint density at radius 2 is 2.30 bits per heavy atom. The fourth-order valence-corrected chi connectivity index (χ4v) is 3.87. The lowest BCUT2D eigenvalue weighted by molar-refractivity contribution is -0.115. The van der Waals surface area contributed by atoms with Gasteiger partial charge in [0.25, 0.3) is 0 Å². The van der Waals surface area contributed by atoms with Crippen molar-refractivity contribution in [3.63, 3.8) is 0 Å². The fraction of sp³-hybridized carbons (Fsp3) is 0.143. The van der Waals surface area contributed by atoms with Crippen LogP contribution in [0.3, 0.4) is 0 Å². The summed E-state index contributed by atoms with van der Waals surface area (Å²) in [5, 5.41) is 23.2. The van der Waals surface area contributed by atoms with Gasteiger partial charge in [-0.2, -0.15) is 5.26 Å². The van der Waals surface area contributed by atoms with Gasteiger partial charge < -0.3 is 5.32 Å². The number of aromatic amines is 1. The summed E-state index contributed by atoms with van der Waals surface area (Å²) in [6.07, 6.45) is 0. The number of nitrogens with zero attached hydrogens (tertiary/aromatic N) is 3. The largest absolute Gasteiger partial charge is 0.316 e. The molecule has 0 unspecified atom stereocenters. The Bertz CT molecular complexity index is 846. The van der Waals surface area contributed by atoms with Crippen LogP contribution in [-0.2, 0) is 4.79 Å². The van der Waals surface area contributed by atoms with Gasteiger partial charge in [-0.1, -0.05) is 17.8 Å². The van der Waals surface area contributed by atoms with Crippen LogP contribution in [0, 0.1) is 11.3 Å². The minimum Gasteiger partial charge on any atom is -0.316 e. The highest BCUT2D eigenvalue weighted by atomic mass is 32.2. The van der Waals surface area contributed by atoms with Gasteiger partial charge in [0.05, 0.1) is 15.7 Å². The molecule has 23 heavy (non-hydrogen) atoms. The van der Waals surface area contributed by atoms with Crippen LogP contribution < -0.4 is 5.32 Å². The molecule has 9 heteroatoms. The number of amides is 1. The van der Waals surface area contributed by atoms with Crippen LogP contribution in [0.25, 0.3) is 10.7 Å². The Hall–Kier alpha value is -2.15. The lowest BCUT2D eigenvalue weighted by atomic mass is 10.3. The van der Waals surface area contributed by atoms with E-state index in [1.54, 1.807) is 29.7 Å². The third-order valence-corrected chi connectivity index (χ3v) is 5.56. The first-order valence-electron chi connectivity index (χ1n) is 6.59. The van der Waals surface area contributed by atoms with Crippen molar-refractivity contribution in [2.24, 2.45) is 0 Å². The number of H-pyrrole nitrogens is 1. The molecule has 0 spiro atoms. The quantitative estimate of drug-likeness (QED) is 0.677. The van der Waals surface area contributed by atoms with Gasteiger partial charge in [-0.05, 0) is 29.8 Å². The molecule has 0 bridgehead atoms. The fourth-order valence-electron chi connectivity index (χ4n) is 1.74. The molecule has 3 aromatic rings. The predicted octanol–water partition coefficient (Wildman–Crippen LogP) is 3.59. The lowest BCUT2D eigenvalue weighted by Crippen LogP contribution is -2.22. The van der Waals surface area contributed by atoms with Crippen molar-refractivity contribution in [1.82, 2.24) is 15.2 Å². The molecule has 0 aliphatic rings. The molecule has 116 valence electrons. The molecule has 3 rings (SSSR count). The van der Waals surface area contributed by atoms with Gasteiger partial charge in [0.15, 0.2) is 5.82 Å². The molecular formula is C14H11N5OS3. The standard InChI is InChI=1S/C14H11N5OS3/c1-8(12(20)17-13-9(7-15)4-6-22-13)23-14-16-11(18-19-14)10-3-2-5-21-10/h2-6,8H,1H3,(H,17,20)(H,16,18,19)/t8-/m1/s1. The van der Waals surface area contributed by atoms with Gasteiger partial charge in [0.2, 0.25) is 11.1 Å².